The number of halogens is 4. The summed E-state index contributed by atoms with van der Waals surface area (Å²) in [6.07, 6.45) is 2.44. The van der Waals surface area contributed by atoms with Crippen molar-refractivity contribution in [3.63, 3.8) is 0 Å². The third-order valence-corrected chi connectivity index (χ3v) is 5.46. The minimum atomic E-state index is -2.83. The average molecular weight is 360 g/mol. The van der Waals surface area contributed by atoms with Crippen LogP contribution in [-0.2, 0) is 7.05 Å². The summed E-state index contributed by atoms with van der Waals surface area (Å²) < 4.78 is 53.9. The quantitative estimate of drug-likeness (QED) is 0.836. The highest BCUT2D eigenvalue weighted by Crippen LogP contribution is 2.52. The fourth-order valence-electron chi connectivity index (χ4n) is 3.80. The number of nitrogens with one attached hydrogen (secondary N) is 1. The third kappa shape index (κ3) is 2.87. The molecule has 1 aromatic rings. The van der Waals surface area contributed by atoms with Gasteiger partial charge in [0.25, 0.3) is 5.92 Å². The Labute approximate surface area is 142 Å². The number of urea groups is 1. The monoisotopic (exact) mass is 360 g/mol. The van der Waals surface area contributed by atoms with Gasteiger partial charge in [0.2, 0.25) is 5.92 Å². The lowest BCUT2D eigenvalue weighted by Crippen LogP contribution is -2.59. The van der Waals surface area contributed by atoms with Gasteiger partial charge >= 0.3 is 6.03 Å². The Balaban J connectivity index is 1.57. The first-order valence-corrected chi connectivity index (χ1v) is 8.54. The van der Waals surface area contributed by atoms with E-state index in [0.717, 1.165) is 29.7 Å². The maximum Gasteiger partial charge on any atom is 0.323 e. The molecule has 9 heteroatoms. The molecule has 5 nitrogen and oxygen atoms in total. The van der Waals surface area contributed by atoms with Gasteiger partial charge in [0.15, 0.2) is 0 Å². The molecule has 1 N–H and O–H groups in total. The lowest BCUT2D eigenvalue weighted by molar-refractivity contribution is -0.107. The van der Waals surface area contributed by atoms with Crippen LogP contribution in [0.4, 0.5) is 28.2 Å². The first-order valence-electron chi connectivity index (χ1n) is 8.54. The van der Waals surface area contributed by atoms with Crippen LogP contribution in [0, 0.1) is 0 Å². The SMILES string of the molecule is Cn1nc(C2CC(F)(F)C2)c(C2CCC2)c1NC(=O)N1CC(F)(F)C1. The highest BCUT2D eigenvalue weighted by atomic mass is 19.3. The zero-order valence-electron chi connectivity index (χ0n) is 13.9. The molecule has 3 aliphatic rings. The van der Waals surface area contributed by atoms with Gasteiger partial charge in [0.05, 0.1) is 18.8 Å². The van der Waals surface area contributed by atoms with E-state index >= 15 is 0 Å². The summed E-state index contributed by atoms with van der Waals surface area (Å²) >= 11 is 0. The van der Waals surface area contributed by atoms with Crippen LogP contribution in [0.5, 0.6) is 0 Å². The number of likely N-dealkylation sites (tertiary alicyclic amines) is 1. The van der Waals surface area contributed by atoms with Gasteiger partial charge in [-0.15, -0.1) is 0 Å². The highest BCUT2D eigenvalue weighted by Gasteiger charge is 2.49. The third-order valence-electron chi connectivity index (χ3n) is 5.46. The van der Waals surface area contributed by atoms with Gasteiger partial charge in [-0.1, -0.05) is 6.42 Å². The summed E-state index contributed by atoms with van der Waals surface area (Å²) in [5.74, 6) is -5.15. The molecule has 2 amide bonds. The topological polar surface area (TPSA) is 50.2 Å². The van der Waals surface area contributed by atoms with Gasteiger partial charge in [-0.3, -0.25) is 10.00 Å². The average Bonchev–Trinajstić information content (AvgIpc) is 2.69. The molecule has 1 aromatic heterocycles. The molecule has 138 valence electrons. The molecule has 0 radical (unpaired) electrons. The largest absolute Gasteiger partial charge is 0.323 e. The fraction of sp³-hybridized carbons (Fsp3) is 0.750. The summed E-state index contributed by atoms with van der Waals surface area (Å²) in [7, 11) is 1.64. The summed E-state index contributed by atoms with van der Waals surface area (Å²) in [5, 5.41) is 7.07. The Morgan fingerprint density at radius 2 is 1.76 bits per heavy atom. The summed E-state index contributed by atoms with van der Waals surface area (Å²) in [4.78, 5) is 13.2. The molecule has 1 saturated heterocycles. The molecule has 0 aromatic carbocycles. The zero-order valence-corrected chi connectivity index (χ0v) is 13.9. The van der Waals surface area contributed by atoms with Crippen LogP contribution in [0.2, 0.25) is 0 Å². The Morgan fingerprint density at radius 3 is 2.24 bits per heavy atom. The van der Waals surface area contributed by atoms with Crippen LogP contribution < -0.4 is 5.32 Å². The second-order valence-corrected chi connectivity index (χ2v) is 7.50. The summed E-state index contributed by atoms with van der Waals surface area (Å²) in [6, 6.07) is -0.597. The van der Waals surface area contributed by atoms with Gasteiger partial charge < -0.3 is 4.90 Å². The molecule has 0 unspecified atom stereocenters. The van der Waals surface area contributed by atoms with Crippen molar-refractivity contribution in [1.82, 2.24) is 14.7 Å². The number of carbonyl (C=O) groups is 1. The number of aryl methyl sites for hydroxylation is 1. The lowest BCUT2D eigenvalue weighted by atomic mass is 9.73. The smallest absolute Gasteiger partial charge is 0.312 e. The van der Waals surface area contributed by atoms with Crippen molar-refractivity contribution in [3.8, 4) is 0 Å². The molecule has 25 heavy (non-hydrogen) atoms. The van der Waals surface area contributed by atoms with Gasteiger partial charge in [-0.25, -0.2) is 22.4 Å². The summed E-state index contributed by atoms with van der Waals surface area (Å²) in [6.45, 7) is -1.20. The Bertz CT molecular complexity index is 697. The van der Waals surface area contributed by atoms with E-state index in [0.29, 0.717) is 11.5 Å². The van der Waals surface area contributed by atoms with Crippen LogP contribution in [0.15, 0.2) is 0 Å². The van der Waals surface area contributed by atoms with Crippen LogP contribution in [0.3, 0.4) is 0 Å². The van der Waals surface area contributed by atoms with Crippen LogP contribution in [-0.4, -0.2) is 45.6 Å². The predicted octanol–water partition coefficient (Wildman–Crippen LogP) is 3.68. The van der Waals surface area contributed by atoms with Gasteiger partial charge in [-0.05, 0) is 18.8 Å². The lowest BCUT2D eigenvalue weighted by Gasteiger charge is -2.39. The second-order valence-electron chi connectivity index (χ2n) is 7.50. The molecule has 0 bridgehead atoms. The van der Waals surface area contributed by atoms with Crippen molar-refractivity contribution in [2.24, 2.45) is 7.05 Å². The van der Waals surface area contributed by atoms with Gasteiger partial charge in [0, 0.05) is 31.4 Å². The van der Waals surface area contributed by atoms with E-state index in [2.05, 4.69) is 10.4 Å². The number of aromatic nitrogens is 2. The minimum absolute atomic E-state index is 0.186. The van der Waals surface area contributed by atoms with E-state index in [9.17, 15) is 22.4 Å². The van der Waals surface area contributed by atoms with E-state index < -0.39 is 31.0 Å². The van der Waals surface area contributed by atoms with Gasteiger partial charge in [0.1, 0.15) is 5.82 Å². The number of alkyl halides is 4. The Morgan fingerprint density at radius 1 is 1.12 bits per heavy atom. The molecule has 1 aliphatic heterocycles. The molecule has 2 saturated carbocycles. The molecular formula is C16H20F4N4O. The standard InChI is InChI=1S/C16H20F4N4O/c1-23-13(21-14(25)24-7-16(19,20)8-24)11(9-3-2-4-9)12(22-23)10-5-15(17,18)6-10/h9-10H,2-8H2,1H3,(H,21,25). The normalized spacial score (nSPS) is 25.1. The molecule has 0 spiro atoms. The van der Waals surface area contributed by atoms with Crippen molar-refractivity contribution in [1.29, 1.82) is 0 Å². The maximum absolute atomic E-state index is 13.3. The van der Waals surface area contributed by atoms with Crippen molar-refractivity contribution in [2.75, 3.05) is 18.4 Å². The molecule has 4 rings (SSSR count). The first kappa shape index (κ1) is 16.7. The number of hydrogen-bond donors (Lipinski definition) is 1. The van der Waals surface area contributed by atoms with Gasteiger partial charge in [-0.2, -0.15) is 5.10 Å². The Kier molecular flexibility index (Phi) is 3.56. The second kappa shape index (κ2) is 5.35. The van der Waals surface area contributed by atoms with Crippen molar-refractivity contribution < 1.29 is 22.4 Å². The number of rotatable bonds is 3. The van der Waals surface area contributed by atoms with E-state index in [1.165, 1.54) is 4.68 Å². The molecule has 0 atom stereocenters. The van der Waals surface area contributed by atoms with Crippen molar-refractivity contribution in [3.05, 3.63) is 11.3 Å². The number of carbonyl (C=O) groups excluding carboxylic acids is 1. The predicted molar refractivity (Wildman–Crippen MR) is 82.3 cm³/mol. The Hall–Kier alpha value is -1.80. The van der Waals surface area contributed by atoms with Crippen LogP contribution in [0.1, 0.15) is 55.2 Å². The van der Waals surface area contributed by atoms with Crippen molar-refractivity contribution >= 4 is 11.8 Å². The van der Waals surface area contributed by atoms with Crippen molar-refractivity contribution in [2.45, 2.75) is 55.8 Å². The molecule has 3 fully saturated rings. The fourth-order valence-corrected chi connectivity index (χ4v) is 3.80. The molecular weight excluding hydrogens is 340 g/mol. The van der Waals surface area contributed by atoms with Crippen LogP contribution >= 0.6 is 0 Å². The number of anilines is 1. The highest BCUT2D eigenvalue weighted by molar-refractivity contribution is 5.90. The van der Waals surface area contributed by atoms with Crippen LogP contribution in [0.25, 0.3) is 0 Å². The van der Waals surface area contributed by atoms with E-state index in [1.54, 1.807) is 7.05 Å². The number of nitrogens with zero attached hydrogens (tertiary/aromatic N) is 3. The number of hydrogen-bond acceptors (Lipinski definition) is 2. The van der Waals surface area contributed by atoms with E-state index in [-0.39, 0.29) is 24.7 Å². The molecule has 2 heterocycles. The minimum Gasteiger partial charge on any atom is -0.312 e. The first-order chi connectivity index (χ1) is 11.7. The molecule has 2 aliphatic carbocycles. The zero-order chi connectivity index (χ0) is 18.0. The van der Waals surface area contributed by atoms with E-state index in [4.69, 9.17) is 0 Å². The number of amides is 2. The summed E-state index contributed by atoms with van der Waals surface area (Å²) in [5.41, 5.74) is 1.44. The maximum atomic E-state index is 13.3. The van der Waals surface area contributed by atoms with E-state index in [1.807, 2.05) is 0 Å².